The molecule has 0 unspecified atom stereocenters. The van der Waals surface area contributed by atoms with Crippen molar-refractivity contribution in [2.45, 2.75) is 11.8 Å². The molecule has 0 saturated heterocycles. The van der Waals surface area contributed by atoms with Crippen molar-refractivity contribution in [3.63, 3.8) is 0 Å². The maximum atomic E-state index is 13.1. The van der Waals surface area contributed by atoms with Gasteiger partial charge in [0.15, 0.2) is 0 Å². The van der Waals surface area contributed by atoms with Crippen molar-refractivity contribution in [2.75, 3.05) is 17.1 Å². The Morgan fingerprint density at radius 2 is 1.57 bits per heavy atom. The number of rotatable bonds is 3. The lowest BCUT2D eigenvalue weighted by Gasteiger charge is -2.26. The van der Waals surface area contributed by atoms with Crippen LogP contribution in [0.3, 0.4) is 0 Å². The monoisotopic (exact) mass is 572 g/mol. The Balaban J connectivity index is 1.41. The van der Waals surface area contributed by atoms with Crippen LogP contribution in [0.1, 0.15) is 5.69 Å². The van der Waals surface area contributed by atoms with Gasteiger partial charge in [-0.1, -0.05) is 58.4 Å². The van der Waals surface area contributed by atoms with Gasteiger partial charge in [-0.2, -0.15) is 5.10 Å². The number of halogens is 1. The van der Waals surface area contributed by atoms with Crippen molar-refractivity contribution < 1.29 is 8.42 Å². The Bertz CT molecular complexity index is 1800. The van der Waals surface area contributed by atoms with E-state index in [2.05, 4.69) is 25.9 Å². The van der Waals surface area contributed by atoms with Gasteiger partial charge in [0.25, 0.3) is 10.0 Å². The Kier molecular flexibility index (Phi) is 5.39. The summed E-state index contributed by atoms with van der Waals surface area (Å²) in [6.07, 6.45) is 0. The van der Waals surface area contributed by atoms with E-state index in [1.807, 2.05) is 67.6 Å². The van der Waals surface area contributed by atoms with Crippen LogP contribution in [0, 0.1) is 6.92 Å². The topological polar surface area (TPSA) is 107 Å². The summed E-state index contributed by atoms with van der Waals surface area (Å²) >= 11 is 3.50. The molecular weight excluding hydrogens is 552 g/mol. The van der Waals surface area contributed by atoms with Crippen LogP contribution < -0.4 is 10.0 Å². The maximum Gasteiger partial charge on any atom is 0.264 e. The molecule has 184 valence electrons. The van der Waals surface area contributed by atoms with Crippen molar-refractivity contribution in [3.05, 3.63) is 89.0 Å². The summed E-state index contributed by atoms with van der Waals surface area (Å²) in [6, 6.07) is 24.4. The van der Waals surface area contributed by atoms with Crippen molar-refractivity contribution in [3.8, 4) is 39.5 Å². The third kappa shape index (κ3) is 3.80. The lowest BCUT2D eigenvalue weighted by atomic mass is 10.1. The van der Waals surface area contributed by atoms with E-state index in [-0.39, 0.29) is 10.8 Å². The number of nitrogens with zero attached hydrogens (tertiary/aromatic N) is 5. The first-order chi connectivity index (χ1) is 17.7. The van der Waals surface area contributed by atoms with E-state index >= 15 is 0 Å². The van der Waals surface area contributed by atoms with Gasteiger partial charge in [-0.25, -0.2) is 23.1 Å². The van der Waals surface area contributed by atoms with Crippen LogP contribution in [0.25, 0.3) is 39.5 Å². The maximum absolute atomic E-state index is 13.1. The van der Waals surface area contributed by atoms with Gasteiger partial charge < -0.3 is 5.73 Å². The molecule has 0 fully saturated rings. The molecule has 2 aromatic heterocycles. The Hall–Kier alpha value is -4.02. The average molecular weight is 573 g/mol. The van der Waals surface area contributed by atoms with Gasteiger partial charge in [0, 0.05) is 28.2 Å². The molecule has 37 heavy (non-hydrogen) atoms. The highest BCUT2D eigenvalue weighted by molar-refractivity contribution is 9.10. The third-order valence-corrected chi connectivity index (χ3v) is 8.76. The number of nitrogens with two attached hydrogens (primary N) is 1. The van der Waals surface area contributed by atoms with Crippen molar-refractivity contribution in [1.82, 2.24) is 19.7 Å². The number of anilines is 2. The summed E-state index contributed by atoms with van der Waals surface area (Å²) in [6.45, 7) is 1.87. The van der Waals surface area contributed by atoms with E-state index in [0.29, 0.717) is 22.6 Å². The molecule has 6 rings (SSSR count). The molecule has 2 N–H and O–H groups in total. The first kappa shape index (κ1) is 23.4. The predicted octanol–water partition coefficient (Wildman–Crippen LogP) is 5.45. The minimum absolute atomic E-state index is 0.190. The van der Waals surface area contributed by atoms with Crippen LogP contribution in [-0.4, -0.2) is 35.2 Å². The van der Waals surface area contributed by atoms with Crippen molar-refractivity contribution in [1.29, 1.82) is 0 Å². The Labute approximate surface area is 222 Å². The fourth-order valence-electron chi connectivity index (χ4n) is 4.64. The van der Waals surface area contributed by atoms with Crippen LogP contribution in [0.15, 0.2) is 88.2 Å². The predicted molar refractivity (Wildman–Crippen MR) is 148 cm³/mol. The van der Waals surface area contributed by atoms with Gasteiger partial charge in [0.1, 0.15) is 11.4 Å². The van der Waals surface area contributed by atoms with E-state index in [1.165, 1.54) is 4.31 Å². The van der Waals surface area contributed by atoms with E-state index in [9.17, 15) is 8.42 Å². The summed E-state index contributed by atoms with van der Waals surface area (Å²) in [5.41, 5.74) is 12.6. The largest absolute Gasteiger partial charge is 0.368 e. The van der Waals surface area contributed by atoms with Gasteiger partial charge in [-0.05, 0) is 43.3 Å². The molecule has 1 aliphatic heterocycles. The fourth-order valence-corrected chi connectivity index (χ4v) is 6.49. The van der Waals surface area contributed by atoms with Crippen LogP contribution in [0.2, 0.25) is 0 Å². The molecule has 0 atom stereocenters. The average Bonchev–Trinajstić information content (AvgIpc) is 3.24. The summed E-state index contributed by atoms with van der Waals surface area (Å²) in [5.74, 6) is 0.190. The third-order valence-electron chi connectivity index (χ3n) is 6.45. The standard InChI is InChI=1S/C27H21BrN6O2S/c1-16-26-25(21-8-3-4-9-24(21)37(35,36)33(26)2)32-34(16)20-12-10-17(11-13-20)22-15-23(31-27(29)30-22)18-6-5-7-19(28)14-18/h3-15H,1-2H3,(H2,29,30,31). The van der Waals surface area contributed by atoms with E-state index < -0.39 is 10.0 Å². The first-order valence-corrected chi connectivity index (χ1v) is 13.7. The van der Waals surface area contributed by atoms with Gasteiger partial charge in [0.05, 0.1) is 27.7 Å². The SMILES string of the molecule is Cc1c2c(nn1-c1ccc(-c3cc(-c4cccc(Br)c4)nc(N)n3)cc1)-c1ccccc1S(=O)(=O)N2C. The fraction of sp³-hybridized carbons (Fsp3) is 0.0741. The van der Waals surface area contributed by atoms with E-state index in [0.717, 1.165) is 32.7 Å². The van der Waals surface area contributed by atoms with Crippen molar-refractivity contribution in [2.24, 2.45) is 0 Å². The van der Waals surface area contributed by atoms with Crippen LogP contribution in [-0.2, 0) is 10.0 Å². The lowest BCUT2D eigenvalue weighted by Crippen LogP contribution is -2.30. The second-order valence-electron chi connectivity index (χ2n) is 8.72. The highest BCUT2D eigenvalue weighted by Gasteiger charge is 2.36. The molecule has 8 nitrogen and oxygen atoms in total. The normalized spacial score (nSPS) is 13.8. The van der Waals surface area contributed by atoms with Crippen LogP contribution in [0.4, 0.5) is 11.6 Å². The highest BCUT2D eigenvalue weighted by atomic mass is 79.9. The molecule has 0 bridgehead atoms. The number of hydrogen-bond acceptors (Lipinski definition) is 6. The van der Waals surface area contributed by atoms with Crippen molar-refractivity contribution >= 4 is 37.6 Å². The number of sulfonamides is 1. The molecule has 0 saturated carbocycles. The van der Waals surface area contributed by atoms with Gasteiger partial charge in [-0.3, -0.25) is 4.31 Å². The summed E-state index contributed by atoms with van der Waals surface area (Å²) in [5, 5.41) is 4.82. The molecule has 0 radical (unpaired) electrons. The Morgan fingerprint density at radius 1 is 0.865 bits per heavy atom. The molecule has 1 aliphatic rings. The smallest absolute Gasteiger partial charge is 0.264 e. The second kappa shape index (κ2) is 8.53. The quantitative estimate of drug-likeness (QED) is 0.308. The number of nitrogen functional groups attached to an aromatic ring is 1. The molecular formula is C27H21BrN6O2S. The van der Waals surface area contributed by atoms with Gasteiger partial charge in [-0.15, -0.1) is 0 Å². The highest BCUT2D eigenvalue weighted by Crippen LogP contribution is 2.44. The molecule has 10 heteroatoms. The lowest BCUT2D eigenvalue weighted by molar-refractivity contribution is 0.594. The van der Waals surface area contributed by atoms with Crippen LogP contribution >= 0.6 is 15.9 Å². The van der Waals surface area contributed by atoms with Gasteiger partial charge in [0.2, 0.25) is 5.95 Å². The summed E-state index contributed by atoms with van der Waals surface area (Å²) < 4.78 is 30.2. The van der Waals surface area contributed by atoms with Crippen LogP contribution in [0.5, 0.6) is 0 Å². The van der Waals surface area contributed by atoms with E-state index in [1.54, 1.807) is 29.9 Å². The number of hydrogen-bond donors (Lipinski definition) is 1. The molecule has 3 heterocycles. The molecule has 5 aromatic rings. The number of benzene rings is 3. The minimum atomic E-state index is -3.65. The molecule has 0 aliphatic carbocycles. The zero-order chi connectivity index (χ0) is 25.9. The zero-order valence-corrected chi connectivity index (χ0v) is 22.3. The first-order valence-electron chi connectivity index (χ1n) is 11.4. The van der Waals surface area contributed by atoms with Gasteiger partial charge >= 0.3 is 0 Å². The number of aromatic nitrogens is 4. The summed E-state index contributed by atoms with van der Waals surface area (Å²) in [4.78, 5) is 9.09. The Morgan fingerprint density at radius 3 is 2.30 bits per heavy atom. The molecule has 3 aromatic carbocycles. The zero-order valence-electron chi connectivity index (χ0n) is 19.9. The molecule has 0 amide bonds. The minimum Gasteiger partial charge on any atom is -0.368 e. The molecule has 0 spiro atoms. The number of fused-ring (bicyclic) bond motifs is 3. The van der Waals surface area contributed by atoms with E-state index in [4.69, 9.17) is 10.8 Å². The summed E-state index contributed by atoms with van der Waals surface area (Å²) in [7, 11) is -2.09. The second-order valence-corrected chi connectivity index (χ2v) is 11.6.